The maximum atomic E-state index is 12.3. The molecule has 0 saturated carbocycles. The normalized spacial score (nSPS) is 13.0. The molecule has 0 bridgehead atoms. The molecule has 0 aromatic carbocycles. The Balaban J connectivity index is 2.90. The number of likely N-dealkylation sites (N-methyl/N-ethyl adjacent to an activating group) is 1. The van der Waals surface area contributed by atoms with Gasteiger partial charge in [-0.1, -0.05) is 13.8 Å². The summed E-state index contributed by atoms with van der Waals surface area (Å²) < 4.78 is 1.94. The van der Waals surface area contributed by atoms with Crippen molar-refractivity contribution in [2.75, 3.05) is 32.6 Å². The third-order valence-corrected chi connectivity index (χ3v) is 4.10. The summed E-state index contributed by atoms with van der Waals surface area (Å²) in [6.07, 6.45) is 2.29. The van der Waals surface area contributed by atoms with Crippen molar-refractivity contribution in [2.45, 2.75) is 32.9 Å². The minimum atomic E-state index is -0.145. The number of aliphatic hydroxyl groups is 1. The van der Waals surface area contributed by atoms with Gasteiger partial charge in [-0.15, -0.1) is 0 Å². The first-order valence-corrected chi connectivity index (χ1v) is 7.93. The molecule has 1 atom stereocenters. The van der Waals surface area contributed by atoms with Crippen molar-refractivity contribution in [2.24, 2.45) is 5.92 Å². The summed E-state index contributed by atoms with van der Waals surface area (Å²) in [5.41, 5.74) is 0.529. The van der Waals surface area contributed by atoms with Gasteiger partial charge in [0.25, 0.3) is 5.56 Å². The van der Waals surface area contributed by atoms with Crippen LogP contribution in [-0.4, -0.2) is 53.1 Å². The van der Waals surface area contributed by atoms with Gasteiger partial charge in [0, 0.05) is 19.2 Å². The van der Waals surface area contributed by atoms with Crippen LogP contribution in [0.5, 0.6) is 0 Å². The summed E-state index contributed by atoms with van der Waals surface area (Å²) in [7, 11) is 3.91. The lowest BCUT2D eigenvalue weighted by molar-refractivity contribution is 0.267. The molecule has 6 nitrogen and oxygen atoms in total. The van der Waals surface area contributed by atoms with Gasteiger partial charge in [-0.3, -0.25) is 4.79 Å². The molecule has 1 aromatic rings. The molecule has 0 radical (unpaired) electrons. The van der Waals surface area contributed by atoms with E-state index in [1.807, 2.05) is 19.0 Å². The van der Waals surface area contributed by atoms with Crippen molar-refractivity contribution in [3.05, 3.63) is 21.0 Å². The predicted molar refractivity (Wildman–Crippen MR) is 88.7 cm³/mol. The minimum Gasteiger partial charge on any atom is -0.396 e. The molecular formula is C14H25BrN4O2. The second kappa shape index (κ2) is 8.51. The van der Waals surface area contributed by atoms with E-state index in [1.54, 1.807) is 6.20 Å². The number of aromatic nitrogens is 2. The van der Waals surface area contributed by atoms with E-state index in [2.05, 4.69) is 40.2 Å². The lowest BCUT2D eigenvalue weighted by Crippen LogP contribution is -2.32. The molecule has 21 heavy (non-hydrogen) atoms. The molecule has 1 rings (SSSR count). The van der Waals surface area contributed by atoms with Crippen LogP contribution >= 0.6 is 15.9 Å². The highest BCUT2D eigenvalue weighted by atomic mass is 79.9. The van der Waals surface area contributed by atoms with Crippen molar-refractivity contribution in [1.29, 1.82) is 0 Å². The van der Waals surface area contributed by atoms with Crippen molar-refractivity contribution < 1.29 is 5.11 Å². The molecule has 0 saturated heterocycles. The Morgan fingerprint density at radius 1 is 1.48 bits per heavy atom. The van der Waals surface area contributed by atoms with Crippen LogP contribution in [0.1, 0.15) is 20.3 Å². The van der Waals surface area contributed by atoms with Gasteiger partial charge in [-0.2, -0.15) is 5.10 Å². The van der Waals surface area contributed by atoms with Crippen molar-refractivity contribution in [3.63, 3.8) is 0 Å². The highest BCUT2D eigenvalue weighted by molar-refractivity contribution is 9.10. The number of aliphatic hydroxyl groups excluding tert-OH is 1. The summed E-state index contributed by atoms with van der Waals surface area (Å²) >= 11 is 3.35. The molecule has 2 N–H and O–H groups in total. The lowest BCUT2D eigenvalue weighted by atomic mass is 10.0. The van der Waals surface area contributed by atoms with Crippen LogP contribution in [0, 0.1) is 5.92 Å². The Morgan fingerprint density at radius 3 is 2.67 bits per heavy atom. The Bertz CT molecular complexity index is 502. The van der Waals surface area contributed by atoms with Crippen LogP contribution in [-0.2, 0) is 6.54 Å². The van der Waals surface area contributed by atoms with E-state index in [1.165, 1.54) is 4.68 Å². The molecule has 0 spiro atoms. The number of rotatable bonds is 8. The molecule has 0 amide bonds. The highest BCUT2D eigenvalue weighted by Crippen LogP contribution is 2.20. The zero-order valence-electron chi connectivity index (χ0n) is 13.1. The van der Waals surface area contributed by atoms with Gasteiger partial charge < -0.3 is 15.3 Å². The second-order valence-electron chi connectivity index (χ2n) is 5.71. The van der Waals surface area contributed by atoms with E-state index in [0.29, 0.717) is 29.0 Å². The number of nitrogens with zero attached hydrogens (tertiary/aromatic N) is 3. The van der Waals surface area contributed by atoms with Gasteiger partial charge in [0.15, 0.2) is 0 Å². The molecule has 0 aliphatic heterocycles. The van der Waals surface area contributed by atoms with Gasteiger partial charge in [-0.25, -0.2) is 4.68 Å². The summed E-state index contributed by atoms with van der Waals surface area (Å²) in [5, 5.41) is 16.6. The largest absolute Gasteiger partial charge is 0.396 e. The fourth-order valence-electron chi connectivity index (χ4n) is 1.93. The van der Waals surface area contributed by atoms with Crippen LogP contribution in [0.2, 0.25) is 0 Å². The lowest BCUT2D eigenvalue weighted by Gasteiger charge is -2.23. The van der Waals surface area contributed by atoms with Gasteiger partial charge in [0.1, 0.15) is 4.47 Å². The SMILES string of the molecule is CC(C)C(CCO)Nc1cnn(CCN(C)C)c(=O)c1Br. The van der Waals surface area contributed by atoms with Gasteiger partial charge in [-0.05, 0) is 42.4 Å². The van der Waals surface area contributed by atoms with E-state index < -0.39 is 0 Å². The van der Waals surface area contributed by atoms with E-state index >= 15 is 0 Å². The van der Waals surface area contributed by atoms with E-state index in [9.17, 15) is 4.79 Å². The molecule has 1 aromatic heterocycles. The molecular weight excluding hydrogens is 336 g/mol. The van der Waals surface area contributed by atoms with Crippen LogP contribution in [0.4, 0.5) is 5.69 Å². The van der Waals surface area contributed by atoms with Crippen molar-refractivity contribution >= 4 is 21.6 Å². The van der Waals surface area contributed by atoms with Crippen molar-refractivity contribution in [3.8, 4) is 0 Å². The molecule has 1 heterocycles. The predicted octanol–water partition coefficient (Wildman–Crippen LogP) is 1.39. The smallest absolute Gasteiger partial charge is 0.283 e. The van der Waals surface area contributed by atoms with Crippen LogP contribution in [0.15, 0.2) is 15.5 Å². The maximum Gasteiger partial charge on any atom is 0.283 e. The summed E-state index contributed by atoms with van der Waals surface area (Å²) in [6, 6.07) is 0.102. The monoisotopic (exact) mass is 360 g/mol. The van der Waals surface area contributed by atoms with Gasteiger partial charge >= 0.3 is 0 Å². The fourth-order valence-corrected chi connectivity index (χ4v) is 2.35. The summed E-state index contributed by atoms with van der Waals surface area (Å²) in [6.45, 7) is 5.57. The molecule has 0 aliphatic carbocycles. The Hall–Kier alpha value is -0.920. The summed E-state index contributed by atoms with van der Waals surface area (Å²) in [5.74, 6) is 0.347. The standard InChI is InChI=1S/C14H25BrN4O2/c1-10(2)11(5-8-20)17-12-9-16-19(7-6-18(3)4)14(21)13(12)15/h9-11,17,20H,5-8H2,1-4H3. The van der Waals surface area contributed by atoms with Gasteiger partial charge in [0.2, 0.25) is 0 Å². The first-order valence-electron chi connectivity index (χ1n) is 7.14. The Morgan fingerprint density at radius 2 is 2.14 bits per heavy atom. The fraction of sp³-hybridized carbons (Fsp3) is 0.714. The van der Waals surface area contributed by atoms with Crippen molar-refractivity contribution in [1.82, 2.24) is 14.7 Å². The third kappa shape index (κ3) is 5.41. The van der Waals surface area contributed by atoms with Crippen LogP contribution in [0.3, 0.4) is 0 Å². The van der Waals surface area contributed by atoms with Crippen LogP contribution < -0.4 is 10.9 Å². The topological polar surface area (TPSA) is 70.4 Å². The zero-order chi connectivity index (χ0) is 16.0. The van der Waals surface area contributed by atoms with Crippen LogP contribution in [0.25, 0.3) is 0 Å². The number of nitrogens with one attached hydrogen (secondary N) is 1. The molecule has 7 heteroatoms. The summed E-state index contributed by atoms with van der Waals surface area (Å²) in [4.78, 5) is 14.3. The average molecular weight is 361 g/mol. The highest BCUT2D eigenvalue weighted by Gasteiger charge is 2.16. The zero-order valence-corrected chi connectivity index (χ0v) is 14.7. The molecule has 0 aliphatic rings. The second-order valence-corrected chi connectivity index (χ2v) is 6.50. The molecule has 1 unspecified atom stereocenters. The quantitative estimate of drug-likeness (QED) is 0.732. The minimum absolute atomic E-state index is 0.102. The maximum absolute atomic E-state index is 12.3. The molecule has 120 valence electrons. The van der Waals surface area contributed by atoms with E-state index in [4.69, 9.17) is 5.11 Å². The molecule has 0 fully saturated rings. The first-order chi connectivity index (χ1) is 9.86. The number of halogens is 1. The van der Waals surface area contributed by atoms with E-state index in [-0.39, 0.29) is 18.2 Å². The Kier molecular flexibility index (Phi) is 7.34. The first kappa shape index (κ1) is 18.1. The third-order valence-electron chi connectivity index (χ3n) is 3.33. The number of anilines is 1. The Labute approximate surface area is 134 Å². The number of hydrogen-bond donors (Lipinski definition) is 2. The number of hydrogen-bond acceptors (Lipinski definition) is 5. The van der Waals surface area contributed by atoms with E-state index in [0.717, 1.165) is 6.54 Å². The average Bonchev–Trinajstić information content (AvgIpc) is 2.41. The van der Waals surface area contributed by atoms with Gasteiger partial charge in [0.05, 0.1) is 18.4 Å².